The van der Waals surface area contributed by atoms with Crippen LogP contribution in [0.15, 0.2) is 6.20 Å². The predicted octanol–water partition coefficient (Wildman–Crippen LogP) is 3.05. The monoisotopic (exact) mass is 434 g/mol. The quantitative estimate of drug-likeness (QED) is 0.390. The van der Waals surface area contributed by atoms with E-state index in [9.17, 15) is 28.1 Å². The first-order valence-corrected chi connectivity index (χ1v) is 9.24. The number of alkyl halides is 3. The first-order valence-electron chi connectivity index (χ1n) is 8.86. The number of rotatable bonds is 8. The zero-order chi connectivity index (χ0) is 21.3. The lowest BCUT2D eigenvalue weighted by Gasteiger charge is -2.09. The van der Waals surface area contributed by atoms with Gasteiger partial charge in [-0.3, -0.25) is 24.3 Å². The van der Waals surface area contributed by atoms with E-state index in [0.29, 0.717) is 12.1 Å². The highest BCUT2D eigenvalue weighted by Crippen LogP contribution is 2.46. The van der Waals surface area contributed by atoms with Gasteiger partial charge >= 0.3 is 11.9 Å². The van der Waals surface area contributed by atoms with Crippen LogP contribution in [0, 0.1) is 17.0 Å². The average Bonchev–Trinajstić information content (AvgIpc) is 3.30. The molecule has 13 heteroatoms. The maximum absolute atomic E-state index is 13.0. The Hall–Kier alpha value is -2.63. The zero-order valence-electron chi connectivity index (χ0n) is 15.4. The number of carbonyl (C=O) groups excluding carboxylic acids is 1. The van der Waals surface area contributed by atoms with Crippen molar-refractivity contribution in [3.05, 3.63) is 38.4 Å². The summed E-state index contributed by atoms with van der Waals surface area (Å²) in [5.74, 6) is -0.428. The van der Waals surface area contributed by atoms with Crippen molar-refractivity contribution in [1.29, 1.82) is 0 Å². The first kappa shape index (κ1) is 21.1. The van der Waals surface area contributed by atoms with Crippen molar-refractivity contribution in [3.63, 3.8) is 0 Å². The summed E-state index contributed by atoms with van der Waals surface area (Å²) in [6, 6.07) is 0. The molecule has 0 radical (unpaired) electrons. The van der Waals surface area contributed by atoms with Crippen molar-refractivity contribution in [2.75, 3.05) is 6.54 Å². The van der Waals surface area contributed by atoms with Crippen molar-refractivity contribution < 1.29 is 22.9 Å². The fraction of sp³-hybridized carbons (Fsp3) is 0.562. The zero-order valence-corrected chi connectivity index (χ0v) is 16.1. The van der Waals surface area contributed by atoms with E-state index in [1.807, 2.05) is 0 Å². The van der Waals surface area contributed by atoms with Crippen LogP contribution < -0.4 is 5.32 Å². The Labute approximate surface area is 168 Å². The van der Waals surface area contributed by atoms with E-state index < -0.39 is 22.7 Å². The minimum Gasteiger partial charge on any atom is -0.354 e. The Balaban J connectivity index is 1.54. The van der Waals surface area contributed by atoms with Crippen LogP contribution >= 0.6 is 11.6 Å². The number of hydrogen-bond donors (Lipinski definition) is 1. The maximum atomic E-state index is 13.0. The van der Waals surface area contributed by atoms with E-state index >= 15 is 0 Å². The second kappa shape index (κ2) is 8.01. The van der Waals surface area contributed by atoms with E-state index in [0.717, 1.165) is 19.0 Å². The summed E-state index contributed by atoms with van der Waals surface area (Å²) in [5.41, 5.74) is -0.614. The van der Waals surface area contributed by atoms with Crippen LogP contribution in [-0.2, 0) is 24.1 Å². The number of hydrogen-bond acceptors (Lipinski definition) is 5. The van der Waals surface area contributed by atoms with Gasteiger partial charge in [-0.05, 0) is 26.2 Å². The molecule has 9 nitrogen and oxygen atoms in total. The summed E-state index contributed by atoms with van der Waals surface area (Å²) in [7, 11) is 0. The summed E-state index contributed by atoms with van der Waals surface area (Å²) < 4.78 is 41.6. The fourth-order valence-corrected chi connectivity index (χ4v) is 3.37. The molecule has 1 aliphatic rings. The second-order valence-electron chi connectivity index (χ2n) is 6.78. The maximum Gasteiger partial charge on any atom is 0.436 e. The van der Waals surface area contributed by atoms with E-state index in [1.165, 1.54) is 16.3 Å². The molecule has 29 heavy (non-hydrogen) atoms. The van der Waals surface area contributed by atoms with Crippen LogP contribution in [0.3, 0.4) is 0 Å². The summed E-state index contributed by atoms with van der Waals surface area (Å²) in [4.78, 5) is 22.2. The van der Waals surface area contributed by atoms with Gasteiger partial charge in [0.2, 0.25) is 5.91 Å². The molecule has 0 aromatic carbocycles. The molecule has 1 N–H and O–H groups in total. The Morgan fingerprint density at radius 2 is 2.10 bits per heavy atom. The third-order valence-corrected chi connectivity index (χ3v) is 4.97. The SMILES string of the molecule is Cc1c([N+](=O)[O-])cnn1CC(=O)NCCCn1nc(C(F)(F)F)c(Cl)c1C1CC1. The first-order chi connectivity index (χ1) is 13.6. The smallest absolute Gasteiger partial charge is 0.354 e. The molecule has 2 heterocycles. The lowest BCUT2D eigenvalue weighted by atomic mass is 10.2. The number of aryl methyl sites for hydroxylation is 1. The van der Waals surface area contributed by atoms with Crippen molar-refractivity contribution in [1.82, 2.24) is 24.9 Å². The van der Waals surface area contributed by atoms with Gasteiger partial charge in [0.1, 0.15) is 18.4 Å². The van der Waals surface area contributed by atoms with E-state index in [1.54, 1.807) is 0 Å². The van der Waals surface area contributed by atoms with Crippen molar-refractivity contribution in [3.8, 4) is 0 Å². The second-order valence-corrected chi connectivity index (χ2v) is 7.15. The van der Waals surface area contributed by atoms with Crippen molar-refractivity contribution in [2.24, 2.45) is 0 Å². The van der Waals surface area contributed by atoms with Gasteiger partial charge in [-0.2, -0.15) is 23.4 Å². The molecular weight excluding hydrogens is 417 g/mol. The van der Waals surface area contributed by atoms with Gasteiger partial charge in [0, 0.05) is 19.0 Å². The largest absolute Gasteiger partial charge is 0.436 e. The average molecular weight is 435 g/mol. The van der Waals surface area contributed by atoms with E-state index in [2.05, 4.69) is 15.5 Å². The van der Waals surface area contributed by atoms with Crippen LogP contribution in [0.5, 0.6) is 0 Å². The fourth-order valence-electron chi connectivity index (χ4n) is 2.98. The number of amides is 1. The van der Waals surface area contributed by atoms with Gasteiger partial charge < -0.3 is 5.32 Å². The lowest BCUT2D eigenvalue weighted by molar-refractivity contribution is -0.385. The summed E-state index contributed by atoms with van der Waals surface area (Å²) in [6.07, 6.45) is -1.66. The van der Waals surface area contributed by atoms with Crippen molar-refractivity contribution >= 4 is 23.2 Å². The Kier molecular flexibility index (Phi) is 5.82. The molecular formula is C16H18ClF3N6O3. The molecule has 2 aromatic rings. The Bertz CT molecular complexity index is 935. The van der Waals surface area contributed by atoms with Crippen LogP contribution in [0.1, 0.15) is 42.3 Å². The van der Waals surface area contributed by atoms with Crippen LogP contribution in [-0.4, -0.2) is 36.9 Å². The molecule has 2 aromatic heterocycles. The third kappa shape index (κ3) is 4.69. The van der Waals surface area contributed by atoms with Gasteiger partial charge in [-0.15, -0.1) is 0 Å². The molecule has 0 spiro atoms. The highest BCUT2D eigenvalue weighted by Gasteiger charge is 2.41. The molecule has 0 unspecified atom stereocenters. The van der Waals surface area contributed by atoms with Crippen molar-refractivity contribution in [2.45, 2.75) is 51.4 Å². The molecule has 0 aliphatic heterocycles. The number of nitrogens with zero attached hydrogens (tertiary/aromatic N) is 5. The van der Waals surface area contributed by atoms with Gasteiger partial charge in [0.25, 0.3) is 0 Å². The van der Waals surface area contributed by atoms with Gasteiger partial charge in [0.15, 0.2) is 5.69 Å². The van der Waals surface area contributed by atoms with E-state index in [-0.39, 0.29) is 42.0 Å². The Morgan fingerprint density at radius 3 is 2.66 bits per heavy atom. The molecule has 1 fully saturated rings. The molecule has 3 rings (SSSR count). The summed E-state index contributed by atoms with van der Waals surface area (Å²) >= 11 is 5.91. The number of nitrogens with one attached hydrogen (secondary N) is 1. The Morgan fingerprint density at radius 1 is 1.41 bits per heavy atom. The molecule has 1 saturated carbocycles. The number of halogens is 4. The molecule has 1 aliphatic carbocycles. The molecule has 158 valence electrons. The standard InChI is InChI=1S/C16H18ClF3N6O3/c1-9-11(26(28)29)7-22-25(9)8-12(27)21-5-2-6-24-14(10-3-4-10)13(17)15(23-24)16(18,19)20/h7,10H,2-6,8H2,1H3,(H,21,27). The molecule has 1 amide bonds. The summed E-state index contributed by atoms with van der Waals surface area (Å²) in [5, 5.41) is 20.5. The van der Waals surface area contributed by atoms with Crippen LogP contribution in [0.25, 0.3) is 0 Å². The highest BCUT2D eigenvalue weighted by molar-refractivity contribution is 6.32. The van der Waals surface area contributed by atoms with Gasteiger partial charge in [0.05, 0.1) is 15.6 Å². The van der Waals surface area contributed by atoms with Gasteiger partial charge in [-0.25, -0.2) is 0 Å². The third-order valence-electron chi connectivity index (χ3n) is 4.60. The minimum absolute atomic E-state index is 0.0146. The van der Waals surface area contributed by atoms with Crippen LogP contribution in [0.4, 0.5) is 18.9 Å². The summed E-state index contributed by atoms with van der Waals surface area (Å²) in [6.45, 7) is 1.66. The van der Waals surface area contributed by atoms with E-state index in [4.69, 9.17) is 11.6 Å². The lowest BCUT2D eigenvalue weighted by Crippen LogP contribution is -2.29. The normalized spacial score (nSPS) is 14.2. The molecule has 0 saturated heterocycles. The topological polar surface area (TPSA) is 108 Å². The number of carbonyl (C=O) groups is 1. The van der Waals surface area contributed by atoms with Gasteiger partial charge in [-0.1, -0.05) is 11.6 Å². The number of nitro groups is 1. The number of aromatic nitrogens is 4. The highest BCUT2D eigenvalue weighted by atomic mass is 35.5. The molecule has 0 atom stereocenters. The van der Waals surface area contributed by atoms with Crippen LogP contribution in [0.2, 0.25) is 5.02 Å². The minimum atomic E-state index is -4.62. The predicted molar refractivity (Wildman–Crippen MR) is 95.5 cm³/mol. The molecule has 0 bridgehead atoms.